The molecule has 2 amide bonds. The Balaban J connectivity index is 2.24. The topological polar surface area (TPSA) is 46.2 Å². The molecule has 1 fully saturated rings. The Morgan fingerprint density at radius 3 is 1.88 bits per heavy atom. The van der Waals surface area contributed by atoms with Gasteiger partial charge in [-0.25, -0.2) is 0 Å². The zero-order valence-corrected chi connectivity index (χ0v) is 8.49. The lowest BCUT2D eigenvalue weighted by atomic mass is 10.1. The number of allylic oxidation sites excluding steroid dienone is 8. The fourth-order valence-corrected chi connectivity index (χ4v) is 2.05. The van der Waals surface area contributed by atoms with Crippen LogP contribution >= 0.6 is 0 Å². The van der Waals surface area contributed by atoms with E-state index in [9.17, 15) is 9.59 Å². The Morgan fingerprint density at radius 1 is 0.875 bits per heavy atom. The molecule has 3 nitrogen and oxygen atoms in total. The monoisotopic (exact) mass is 211 g/mol. The van der Waals surface area contributed by atoms with Crippen LogP contribution in [-0.4, -0.2) is 11.8 Å². The van der Waals surface area contributed by atoms with Crippen molar-refractivity contribution in [3.05, 3.63) is 58.7 Å². The molecule has 1 N–H and O–H groups in total. The van der Waals surface area contributed by atoms with Crippen molar-refractivity contribution in [3.63, 3.8) is 0 Å². The van der Waals surface area contributed by atoms with Crippen LogP contribution in [0.1, 0.15) is 6.42 Å². The van der Waals surface area contributed by atoms with E-state index >= 15 is 0 Å². The average Bonchev–Trinajstić information content (AvgIpc) is 2.52. The smallest absolute Gasteiger partial charge is 0.258 e. The van der Waals surface area contributed by atoms with Crippen molar-refractivity contribution in [3.8, 4) is 0 Å². The molecule has 3 rings (SSSR count). The van der Waals surface area contributed by atoms with Crippen LogP contribution < -0.4 is 5.32 Å². The normalized spacial score (nSPS) is 22.2. The van der Waals surface area contributed by atoms with Gasteiger partial charge in [0.25, 0.3) is 11.8 Å². The van der Waals surface area contributed by atoms with E-state index in [-0.39, 0.29) is 11.8 Å². The molecule has 16 heavy (non-hydrogen) atoms. The van der Waals surface area contributed by atoms with Crippen LogP contribution in [0.25, 0.3) is 0 Å². The first-order chi connectivity index (χ1) is 7.74. The molecule has 3 aliphatic rings. The molecule has 0 atom stereocenters. The second-order valence-corrected chi connectivity index (χ2v) is 3.94. The van der Waals surface area contributed by atoms with Gasteiger partial charge in [-0.05, 0) is 29.7 Å². The fraction of sp³-hybridized carbons (Fsp3) is 0.0769. The molecule has 0 saturated carbocycles. The van der Waals surface area contributed by atoms with Crippen molar-refractivity contribution in [1.82, 2.24) is 5.32 Å². The molecule has 0 radical (unpaired) electrons. The van der Waals surface area contributed by atoms with Gasteiger partial charge in [0.05, 0.1) is 11.1 Å². The largest absolute Gasteiger partial charge is 0.288 e. The van der Waals surface area contributed by atoms with Crippen molar-refractivity contribution in [1.29, 1.82) is 0 Å². The summed E-state index contributed by atoms with van der Waals surface area (Å²) in [7, 11) is 0. The molecule has 2 bridgehead atoms. The highest BCUT2D eigenvalue weighted by Crippen LogP contribution is 2.29. The number of imide groups is 1. The van der Waals surface area contributed by atoms with Gasteiger partial charge < -0.3 is 0 Å². The number of hydrogen-bond donors (Lipinski definition) is 1. The van der Waals surface area contributed by atoms with Crippen LogP contribution in [0.15, 0.2) is 58.7 Å². The summed E-state index contributed by atoms with van der Waals surface area (Å²) < 4.78 is 0. The van der Waals surface area contributed by atoms with Crippen molar-refractivity contribution < 1.29 is 9.59 Å². The predicted molar refractivity (Wildman–Crippen MR) is 59.2 cm³/mol. The number of nitrogens with one attached hydrogen (secondary N) is 1. The van der Waals surface area contributed by atoms with E-state index in [1.165, 1.54) is 0 Å². The maximum atomic E-state index is 11.5. The minimum Gasteiger partial charge on any atom is -0.288 e. The minimum absolute atomic E-state index is 0.298. The molecule has 0 aromatic rings. The zero-order valence-electron chi connectivity index (χ0n) is 8.49. The zero-order chi connectivity index (χ0) is 11.1. The molecular weight excluding hydrogens is 202 g/mol. The van der Waals surface area contributed by atoms with Crippen LogP contribution in [0.2, 0.25) is 0 Å². The van der Waals surface area contributed by atoms with E-state index in [1.54, 1.807) is 12.2 Å². The molecule has 1 aliphatic heterocycles. The van der Waals surface area contributed by atoms with E-state index in [0.717, 1.165) is 17.6 Å². The first-order valence-corrected chi connectivity index (χ1v) is 5.10. The van der Waals surface area contributed by atoms with E-state index in [2.05, 4.69) is 5.32 Å². The molecule has 0 unspecified atom stereocenters. The summed E-state index contributed by atoms with van der Waals surface area (Å²) in [5, 5.41) is 2.31. The highest BCUT2D eigenvalue weighted by Gasteiger charge is 2.31. The lowest BCUT2D eigenvalue weighted by Crippen LogP contribution is -2.20. The quantitative estimate of drug-likeness (QED) is 0.614. The van der Waals surface area contributed by atoms with Crippen molar-refractivity contribution in [2.45, 2.75) is 6.42 Å². The minimum atomic E-state index is -0.298. The standard InChI is InChI=1S/C13H9NO2/c15-12-10-6-8-3-1-2-4-9(5-8)7-11(10)13(16)14-12/h1-4,6-7H,5H2,(H,14,15,16). The molecule has 0 spiro atoms. The molecule has 2 aliphatic carbocycles. The first kappa shape index (κ1) is 9.09. The summed E-state index contributed by atoms with van der Waals surface area (Å²) in [6, 6.07) is 0. The molecule has 0 aromatic carbocycles. The van der Waals surface area contributed by atoms with Crippen LogP contribution in [0.4, 0.5) is 0 Å². The second-order valence-electron chi connectivity index (χ2n) is 3.94. The van der Waals surface area contributed by atoms with Gasteiger partial charge in [0.15, 0.2) is 0 Å². The van der Waals surface area contributed by atoms with Gasteiger partial charge in [0.1, 0.15) is 0 Å². The van der Waals surface area contributed by atoms with Gasteiger partial charge in [-0.3, -0.25) is 14.9 Å². The highest BCUT2D eigenvalue weighted by molar-refractivity contribution is 6.25. The van der Waals surface area contributed by atoms with Gasteiger partial charge in [0, 0.05) is 0 Å². The third-order valence-electron chi connectivity index (χ3n) is 2.81. The number of amides is 2. The van der Waals surface area contributed by atoms with Crippen molar-refractivity contribution in [2.24, 2.45) is 0 Å². The van der Waals surface area contributed by atoms with Gasteiger partial charge >= 0.3 is 0 Å². The number of carbonyl (C=O) groups is 2. The van der Waals surface area contributed by atoms with Crippen LogP contribution in [0, 0.1) is 0 Å². The van der Waals surface area contributed by atoms with Gasteiger partial charge in [0.2, 0.25) is 0 Å². The Labute approximate surface area is 92.5 Å². The number of rotatable bonds is 0. The maximum absolute atomic E-state index is 11.5. The molecule has 78 valence electrons. The SMILES string of the molecule is O=C1NC(=O)C2=CC3=CC=CC=C(C=C12)C3. The first-order valence-electron chi connectivity index (χ1n) is 5.10. The fourth-order valence-electron chi connectivity index (χ4n) is 2.05. The number of carbonyl (C=O) groups excluding carboxylic acids is 2. The van der Waals surface area contributed by atoms with Crippen LogP contribution in [0.5, 0.6) is 0 Å². The van der Waals surface area contributed by atoms with Gasteiger partial charge in [-0.15, -0.1) is 0 Å². The van der Waals surface area contributed by atoms with Gasteiger partial charge in [-0.1, -0.05) is 24.3 Å². The summed E-state index contributed by atoms with van der Waals surface area (Å²) in [6.45, 7) is 0. The lowest BCUT2D eigenvalue weighted by Gasteiger charge is -1.98. The number of fused-ring (bicyclic) bond motifs is 3. The van der Waals surface area contributed by atoms with Crippen LogP contribution in [0.3, 0.4) is 0 Å². The molecular formula is C13H9NO2. The Hall–Kier alpha value is -2.16. The summed E-state index contributed by atoms with van der Waals surface area (Å²) in [6.07, 6.45) is 12.2. The van der Waals surface area contributed by atoms with Crippen LogP contribution in [-0.2, 0) is 9.59 Å². The third-order valence-corrected chi connectivity index (χ3v) is 2.81. The average molecular weight is 211 g/mol. The van der Waals surface area contributed by atoms with E-state index in [0.29, 0.717) is 11.1 Å². The summed E-state index contributed by atoms with van der Waals surface area (Å²) in [4.78, 5) is 23.1. The second kappa shape index (κ2) is 3.17. The predicted octanol–water partition coefficient (Wildman–Crippen LogP) is 1.32. The molecule has 1 heterocycles. The summed E-state index contributed by atoms with van der Waals surface area (Å²) in [5.74, 6) is -0.596. The third kappa shape index (κ3) is 1.29. The van der Waals surface area contributed by atoms with E-state index < -0.39 is 0 Å². The lowest BCUT2D eigenvalue weighted by molar-refractivity contribution is -0.123. The Morgan fingerprint density at radius 2 is 1.38 bits per heavy atom. The molecule has 0 aromatic heterocycles. The van der Waals surface area contributed by atoms with Crippen molar-refractivity contribution in [2.75, 3.05) is 0 Å². The Kier molecular flexibility index (Phi) is 1.80. The van der Waals surface area contributed by atoms with E-state index in [1.807, 2.05) is 24.3 Å². The van der Waals surface area contributed by atoms with Crippen molar-refractivity contribution >= 4 is 11.8 Å². The number of hydrogen-bond acceptors (Lipinski definition) is 2. The van der Waals surface area contributed by atoms with Gasteiger partial charge in [-0.2, -0.15) is 0 Å². The molecule has 1 saturated heterocycles. The van der Waals surface area contributed by atoms with E-state index in [4.69, 9.17) is 0 Å². The summed E-state index contributed by atoms with van der Waals surface area (Å²) in [5.41, 5.74) is 3.06. The summed E-state index contributed by atoms with van der Waals surface area (Å²) >= 11 is 0. The molecule has 3 heteroatoms. The highest BCUT2D eigenvalue weighted by atomic mass is 16.2. The Bertz CT molecular complexity index is 508. The maximum Gasteiger partial charge on any atom is 0.258 e.